The lowest BCUT2D eigenvalue weighted by Gasteiger charge is -2.15. The van der Waals surface area contributed by atoms with Gasteiger partial charge in [-0.25, -0.2) is 9.37 Å². The number of amides is 2. The Balaban J connectivity index is 1.62. The first-order chi connectivity index (χ1) is 14.1. The molecule has 3 aromatic rings. The van der Waals surface area contributed by atoms with Crippen molar-refractivity contribution in [1.29, 1.82) is 0 Å². The standard InChI is InChI=1S/C21H21FN4O3/c1-29-12-6-11-25-20(28)18(13-19(27)23-15-8-3-2-7-14(15)22)26-17-10-5-4-9-16(17)24-21(25)26/h2-5,7-10,18H,6,11-13H2,1H3,(H,23,27)/t18-/m0/s1. The molecule has 2 heterocycles. The van der Waals surface area contributed by atoms with Crippen molar-refractivity contribution in [3.05, 3.63) is 54.3 Å². The lowest BCUT2D eigenvalue weighted by Crippen LogP contribution is -2.32. The molecular weight excluding hydrogens is 375 g/mol. The Kier molecular flexibility index (Phi) is 5.26. The number of nitrogens with one attached hydrogen (secondary N) is 1. The third-order valence-electron chi connectivity index (χ3n) is 4.94. The van der Waals surface area contributed by atoms with Crippen molar-refractivity contribution in [2.24, 2.45) is 0 Å². The molecule has 1 aliphatic rings. The van der Waals surface area contributed by atoms with E-state index in [1.165, 1.54) is 12.1 Å². The van der Waals surface area contributed by atoms with Gasteiger partial charge in [0.2, 0.25) is 11.9 Å². The molecule has 8 heteroatoms. The monoisotopic (exact) mass is 396 g/mol. The van der Waals surface area contributed by atoms with Crippen LogP contribution in [0.2, 0.25) is 0 Å². The Labute approximate surface area is 167 Å². The molecule has 1 atom stereocenters. The predicted molar refractivity (Wildman–Crippen MR) is 107 cm³/mol. The van der Waals surface area contributed by atoms with Crippen LogP contribution in [0.5, 0.6) is 0 Å². The summed E-state index contributed by atoms with van der Waals surface area (Å²) in [6, 6.07) is 12.7. The van der Waals surface area contributed by atoms with Crippen LogP contribution in [0.25, 0.3) is 11.0 Å². The fourth-order valence-electron chi connectivity index (χ4n) is 3.61. The molecule has 0 radical (unpaired) electrons. The van der Waals surface area contributed by atoms with Crippen LogP contribution >= 0.6 is 0 Å². The maximum Gasteiger partial charge on any atom is 0.253 e. The maximum atomic E-state index is 13.9. The Hall–Kier alpha value is -3.26. The number of methoxy groups -OCH3 is 1. The number of para-hydroxylation sites is 3. The van der Waals surface area contributed by atoms with E-state index in [-0.39, 0.29) is 18.0 Å². The summed E-state index contributed by atoms with van der Waals surface area (Å²) in [7, 11) is 1.61. The molecule has 150 valence electrons. The molecule has 0 bridgehead atoms. The zero-order valence-corrected chi connectivity index (χ0v) is 16.0. The molecule has 29 heavy (non-hydrogen) atoms. The second kappa shape index (κ2) is 8.00. The number of carbonyl (C=O) groups excluding carboxylic acids is 2. The second-order valence-corrected chi connectivity index (χ2v) is 6.85. The van der Waals surface area contributed by atoms with Gasteiger partial charge in [-0.15, -0.1) is 0 Å². The topological polar surface area (TPSA) is 76.5 Å². The molecule has 2 amide bonds. The van der Waals surface area contributed by atoms with Crippen LogP contribution in [0.1, 0.15) is 18.9 Å². The van der Waals surface area contributed by atoms with Crippen molar-refractivity contribution >= 4 is 34.5 Å². The second-order valence-electron chi connectivity index (χ2n) is 6.85. The van der Waals surface area contributed by atoms with Gasteiger partial charge in [-0.05, 0) is 30.7 Å². The molecule has 1 aliphatic heterocycles. The number of rotatable bonds is 7. The highest BCUT2D eigenvalue weighted by molar-refractivity contribution is 6.05. The minimum absolute atomic E-state index is 0.0932. The van der Waals surface area contributed by atoms with Gasteiger partial charge in [-0.1, -0.05) is 24.3 Å². The number of anilines is 2. The van der Waals surface area contributed by atoms with Gasteiger partial charge in [0, 0.05) is 20.3 Å². The predicted octanol–water partition coefficient (Wildman–Crippen LogP) is 3.13. The first-order valence-corrected chi connectivity index (χ1v) is 9.42. The Morgan fingerprint density at radius 2 is 1.97 bits per heavy atom. The van der Waals surface area contributed by atoms with Crippen molar-refractivity contribution in [2.45, 2.75) is 18.9 Å². The van der Waals surface area contributed by atoms with Gasteiger partial charge < -0.3 is 10.1 Å². The number of hydrogen-bond acceptors (Lipinski definition) is 4. The summed E-state index contributed by atoms with van der Waals surface area (Å²) < 4.78 is 20.7. The average Bonchev–Trinajstić information content (AvgIpc) is 3.20. The SMILES string of the molecule is COCCCN1C(=O)[C@H](CC(=O)Nc2ccccc2F)n2c1nc1ccccc12. The fraction of sp³-hybridized carbons (Fsp3) is 0.286. The number of carbonyl (C=O) groups is 2. The van der Waals surface area contributed by atoms with Crippen LogP contribution < -0.4 is 10.2 Å². The smallest absolute Gasteiger partial charge is 0.253 e. The van der Waals surface area contributed by atoms with E-state index in [1.807, 2.05) is 24.3 Å². The van der Waals surface area contributed by atoms with Gasteiger partial charge >= 0.3 is 0 Å². The molecule has 0 saturated carbocycles. The number of ether oxygens (including phenoxy) is 1. The van der Waals surface area contributed by atoms with Crippen molar-refractivity contribution < 1.29 is 18.7 Å². The molecule has 0 saturated heterocycles. The number of benzene rings is 2. The maximum absolute atomic E-state index is 13.9. The van der Waals surface area contributed by atoms with E-state index in [1.54, 1.807) is 28.7 Å². The average molecular weight is 396 g/mol. The van der Waals surface area contributed by atoms with Crippen LogP contribution in [0.3, 0.4) is 0 Å². The van der Waals surface area contributed by atoms with Crippen molar-refractivity contribution in [2.75, 3.05) is 30.5 Å². The van der Waals surface area contributed by atoms with E-state index in [0.29, 0.717) is 25.5 Å². The molecule has 2 aromatic carbocycles. The van der Waals surface area contributed by atoms with Crippen LogP contribution in [-0.2, 0) is 14.3 Å². The van der Waals surface area contributed by atoms with E-state index in [9.17, 15) is 14.0 Å². The molecule has 0 unspecified atom stereocenters. The number of imidazole rings is 1. The molecular formula is C21H21FN4O3. The van der Waals surface area contributed by atoms with Crippen LogP contribution in [0.4, 0.5) is 16.0 Å². The fourth-order valence-corrected chi connectivity index (χ4v) is 3.61. The van der Waals surface area contributed by atoms with Gasteiger partial charge in [0.25, 0.3) is 5.91 Å². The van der Waals surface area contributed by atoms with Gasteiger partial charge in [0.15, 0.2) is 0 Å². The summed E-state index contributed by atoms with van der Waals surface area (Å²) in [5, 5.41) is 2.56. The van der Waals surface area contributed by atoms with Gasteiger partial charge in [0.1, 0.15) is 11.9 Å². The lowest BCUT2D eigenvalue weighted by molar-refractivity contribution is -0.124. The third kappa shape index (κ3) is 3.58. The molecule has 1 aromatic heterocycles. The van der Waals surface area contributed by atoms with Gasteiger partial charge in [0.05, 0.1) is 23.1 Å². The first-order valence-electron chi connectivity index (χ1n) is 9.42. The number of hydrogen-bond donors (Lipinski definition) is 1. The Morgan fingerprint density at radius 3 is 2.76 bits per heavy atom. The molecule has 0 aliphatic carbocycles. The normalized spacial score (nSPS) is 15.7. The highest BCUT2D eigenvalue weighted by Crippen LogP contribution is 2.36. The Morgan fingerprint density at radius 1 is 1.21 bits per heavy atom. The number of fused-ring (bicyclic) bond motifs is 3. The molecule has 4 rings (SSSR count). The largest absolute Gasteiger partial charge is 0.385 e. The van der Waals surface area contributed by atoms with Gasteiger partial charge in [-0.2, -0.15) is 0 Å². The van der Waals surface area contributed by atoms with E-state index in [4.69, 9.17) is 4.74 Å². The molecule has 1 N–H and O–H groups in total. The summed E-state index contributed by atoms with van der Waals surface area (Å²) in [6.07, 6.45) is 0.543. The zero-order chi connectivity index (χ0) is 20.4. The highest BCUT2D eigenvalue weighted by Gasteiger charge is 2.40. The van der Waals surface area contributed by atoms with E-state index < -0.39 is 17.8 Å². The van der Waals surface area contributed by atoms with Crippen LogP contribution in [0, 0.1) is 5.82 Å². The lowest BCUT2D eigenvalue weighted by atomic mass is 10.1. The van der Waals surface area contributed by atoms with Gasteiger partial charge in [-0.3, -0.25) is 19.1 Å². The quantitative estimate of drug-likeness (QED) is 0.623. The first kappa shape index (κ1) is 19.1. The minimum Gasteiger partial charge on any atom is -0.385 e. The van der Waals surface area contributed by atoms with Crippen molar-refractivity contribution in [1.82, 2.24) is 9.55 Å². The van der Waals surface area contributed by atoms with Crippen LogP contribution in [-0.4, -0.2) is 41.6 Å². The third-order valence-corrected chi connectivity index (χ3v) is 4.94. The summed E-state index contributed by atoms with van der Waals surface area (Å²) in [5.74, 6) is -0.626. The van der Waals surface area contributed by atoms with E-state index in [2.05, 4.69) is 10.3 Å². The molecule has 7 nitrogen and oxygen atoms in total. The number of aromatic nitrogens is 2. The van der Waals surface area contributed by atoms with E-state index in [0.717, 1.165) is 11.0 Å². The van der Waals surface area contributed by atoms with Crippen molar-refractivity contribution in [3.63, 3.8) is 0 Å². The molecule has 0 spiro atoms. The summed E-state index contributed by atoms with van der Waals surface area (Å²) in [5.41, 5.74) is 1.63. The number of halogens is 1. The Bertz CT molecular complexity index is 1070. The zero-order valence-electron chi connectivity index (χ0n) is 16.0. The highest BCUT2D eigenvalue weighted by atomic mass is 19.1. The number of nitrogens with zero attached hydrogens (tertiary/aromatic N) is 3. The minimum atomic E-state index is -0.730. The summed E-state index contributed by atoms with van der Waals surface area (Å²) >= 11 is 0. The molecule has 0 fully saturated rings. The summed E-state index contributed by atoms with van der Waals surface area (Å²) in [6.45, 7) is 0.962. The van der Waals surface area contributed by atoms with Crippen LogP contribution in [0.15, 0.2) is 48.5 Å². The van der Waals surface area contributed by atoms with E-state index >= 15 is 0 Å². The summed E-state index contributed by atoms with van der Waals surface area (Å²) in [4.78, 5) is 31.9. The van der Waals surface area contributed by atoms with Crippen molar-refractivity contribution in [3.8, 4) is 0 Å².